The van der Waals surface area contributed by atoms with E-state index < -0.39 is 5.97 Å². The van der Waals surface area contributed by atoms with Gasteiger partial charge in [0.25, 0.3) is 5.91 Å². The SMILES string of the molecule is O=C(O)c1ncsc1C(=O)N1CCCC1. The third kappa shape index (κ3) is 1.85. The highest BCUT2D eigenvalue weighted by molar-refractivity contribution is 7.12. The molecule has 1 amide bonds. The summed E-state index contributed by atoms with van der Waals surface area (Å²) >= 11 is 1.09. The van der Waals surface area contributed by atoms with Crippen molar-refractivity contribution in [3.05, 3.63) is 16.1 Å². The number of rotatable bonds is 2. The van der Waals surface area contributed by atoms with Gasteiger partial charge >= 0.3 is 5.97 Å². The van der Waals surface area contributed by atoms with Crippen molar-refractivity contribution in [2.45, 2.75) is 12.8 Å². The molecule has 80 valence electrons. The lowest BCUT2D eigenvalue weighted by Gasteiger charge is -2.13. The molecule has 0 saturated carbocycles. The van der Waals surface area contributed by atoms with Gasteiger partial charge in [0.05, 0.1) is 5.51 Å². The maximum absolute atomic E-state index is 11.9. The summed E-state index contributed by atoms with van der Waals surface area (Å²) < 4.78 is 0. The van der Waals surface area contributed by atoms with Crippen molar-refractivity contribution in [2.75, 3.05) is 13.1 Å². The van der Waals surface area contributed by atoms with Crippen LogP contribution in [-0.2, 0) is 0 Å². The molecular weight excluding hydrogens is 216 g/mol. The van der Waals surface area contributed by atoms with Crippen LogP contribution in [0.25, 0.3) is 0 Å². The van der Waals surface area contributed by atoms with Gasteiger partial charge in [-0.15, -0.1) is 11.3 Å². The molecule has 2 rings (SSSR count). The van der Waals surface area contributed by atoms with Crippen LogP contribution in [-0.4, -0.2) is 40.0 Å². The molecule has 5 nitrogen and oxygen atoms in total. The second-order valence-electron chi connectivity index (χ2n) is 3.33. The number of thiazole rings is 1. The van der Waals surface area contributed by atoms with Crippen molar-refractivity contribution in [1.29, 1.82) is 0 Å². The molecule has 1 saturated heterocycles. The third-order valence-electron chi connectivity index (χ3n) is 2.36. The maximum atomic E-state index is 11.9. The first-order valence-electron chi connectivity index (χ1n) is 4.66. The van der Waals surface area contributed by atoms with Crippen LogP contribution in [0.4, 0.5) is 0 Å². The van der Waals surface area contributed by atoms with Gasteiger partial charge in [-0.2, -0.15) is 0 Å². The van der Waals surface area contributed by atoms with E-state index in [0.29, 0.717) is 0 Å². The number of likely N-dealkylation sites (tertiary alicyclic amines) is 1. The van der Waals surface area contributed by atoms with Crippen LogP contribution >= 0.6 is 11.3 Å². The minimum atomic E-state index is -1.14. The van der Waals surface area contributed by atoms with Gasteiger partial charge in [0, 0.05) is 13.1 Å². The molecule has 1 aliphatic heterocycles. The molecule has 1 N–H and O–H groups in total. The molecule has 0 spiro atoms. The molecule has 0 aliphatic carbocycles. The van der Waals surface area contributed by atoms with E-state index >= 15 is 0 Å². The molecule has 0 unspecified atom stereocenters. The second-order valence-corrected chi connectivity index (χ2v) is 4.19. The lowest BCUT2D eigenvalue weighted by atomic mass is 10.3. The zero-order chi connectivity index (χ0) is 10.8. The Balaban J connectivity index is 2.24. The highest BCUT2D eigenvalue weighted by Crippen LogP contribution is 2.19. The summed E-state index contributed by atoms with van der Waals surface area (Å²) in [6, 6.07) is 0. The fourth-order valence-corrected chi connectivity index (χ4v) is 2.36. The second kappa shape index (κ2) is 3.98. The Bertz CT molecular complexity index is 396. The zero-order valence-corrected chi connectivity index (χ0v) is 8.79. The molecule has 0 bridgehead atoms. The van der Waals surface area contributed by atoms with Gasteiger partial charge in [0.1, 0.15) is 4.88 Å². The van der Waals surface area contributed by atoms with Crippen LogP contribution in [0.15, 0.2) is 5.51 Å². The van der Waals surface area contributed by atoms with Crippen LogP contribution < -0.4 is 0 Å². The number of carbonyl (C=O) groups is 2. The van der Waals surface area contributed by atoms with Gasteiger partial charge in [-0.25, -0.2) is 9.78 Å². The lowest BCUT2D eigenvalue weighted by Crippen LogP contribution is -2.28. The van der Waals surface area contributed by atoms with E-state index in [0.717, 1.165) is 37.3 Å². The molecule has 15 heavy (non-hydrogen) atoms. The van der Waals surface area contributed by atoms with E-state index in [9.17, 15) is 9.59 Å². The van der Waals surface area contributed by atoms with Gasteiger partial charge in [-0.1, -0.05) is 0 Å². The van der Waals surface area contributed by atoms with E-state index in [4.69, 9.17) is 5.11 Å². The lowest BCUT2D eigenvalue weighted by molar-refractivity contribution is 0.0677. The molecule has 6 heteroatoms. The largest absolute Gasteiger partial charge is 0.476 e. The van der Waals surface area contributed by atoms with Crippen LogP contribution in [0.3, 0.4) is 0 Å². The average Bonchev–Trinajstić information content (AvgIpc) is 2.88. The normalized spacial score (nSPS) is 15.6. The first-order valence-corrected chi connectivity index (χ1v) is 5.54. The summed E-state index contributed by atoms with van der Waals surface area (Å²) in [5.74, 6) is -1.34. The smallest absolute Gasteiger partial charge is 0.356 e. The molecule has 0 aromatic carbocycles. The number of aromatic nitrogens is 1. The number of nitrogens with zero attached hydrogens (tertiary/aromatic N) is 2. The van der Waals surface area contributed by atoms with Crippen LogP contribution in [0.5, 0.6) is 0 Å². The fourth-order valence-electron chi connectivity index (χ4n) is 1.61. The number of carboxylic acids is 1. The molecule has 2 heterocycles. The van der Waals surface area contributed by atoms with Gasteiger partial charge in [0.2, 0.25) is 0 Å². The topological polar surface area (TPSA) is 70.5 Å². The maximum Gasteiger partial charge on any atom is 0.356 e. The molecule has 1 aromatic heterocycles. The molecule has 0 radical (unpaired) electrons. The predicted molar refractivity (Wildman–Crippen MR) is 54.2 cm³/mol. The first-order chi connectivity index (χ1) is 7.20. The summed E-state index contributed by atoms with van der Waals surface area (Å²) in [6.45, 7) is 1.44. The van der Waals surface area contributed by atoms with Gasteiger partial charge < -0.3 is 10.0 Å². The number of hydrogen-bond donors (Lipinski definition) is 1. The van der Waals surface area contributed by atoms with Crippen molar-refractivity contribution in [2.24, 2.45) is 0 Å². The molecule has 1 aliphatic rings. The minimum Gasteiger partial charge on any atom is -0.476 e. The van der Waals surface area contributed by atoms with E-state index in [1.165, 1.54) is 5.51 Å². The minimum absolute atomic E-state index is 0.128. The van der Waals surface area contributed by atoms with Crippen molar-refractivity contribution >= 4 is 23.2 Å². The summed E-state index contributed by atoms with van der Waals surface area (Å²) in [5.41, 5.74) is 1.27. The molecular formula is C9H10N2O3S. The van der Waals surface area contributed by atoms with E-state index in [2.05, 4.69) is 4.98 Å². The molecule has 0 atom stereocenters. The van der Waals surface area contributed by atoms with Crippen LogP contribution in [0, 0.1) is 0 Å². The summed E-state index contributed by atoms with van der Waals surface area (Å²) in [6.07, 6.45) is 1.99. The van der Waals surface area contributed by atoms with Gasteiger partial charge in [-0.3, -0.25) is 4.79 Å². The quantitative estimate of drug-likeness (QED) is 0.819. The molecule has 1 aromatic rings. The van der Waals surface area contributed by atoms with Crippen molar-refractivity contribution in [3.8, 4) is 0 Å². The Labute approximate surface area is 90.4 Å². The third-order valence-corrected chi connectivity index (χ3v) is 3.17. The van der Waals surface area contributed by atoms with Gasteiger partial charge in [-0.05, 0) is 12.8 Å². The summed E-state index contributed by atoms with van der Waals surface area (Å²) in [7, 11) is 0. The standard InChI is InChI=1S/C9H10N2O3S/c12-8(11-3-1-2-4-11)7-6(9(13)14)10-5-15-7/h5H,1-4H2,(H,13,14). The Hall–Kier alpha value is -1.43. The number of amides is 1. The predicted octanol–water partition coefficient (Wildman–Crippen LogP) is 1.08. The highest BCUT2D eigenvalue weighted by Gasteiger charge is 2.26. The molecule has 1 fully saturated rings. The fraction of sp³-hybridized carbons (Fsp3) is 0.444. The summed E-state index contributed by atoms with van der Waals surface area (Å²) in [4.78, 5) is 28.2. The number of carbonyl (C=O) groups excluding carboxylic acids is 1. The Morgan fingerprint density at radius 2 is 2.07 bits per heavy atom. The van der Waals surface area contributed by atoms with E-state index in [1.807, 2.05) is 0 Å². The number of carboxylic acid groups (broad SMARTS) is 1. The first kappa shape index (κ1) is 10.1. The number of aromatic carboxylic acids is 1. The summed E-state index contributed by atoms with van der Waals surface area (Å²) in [5, 5.41) is 8.82. The van der Waals surface area contributed by atoms with Gasteiger partial charge in [0.15, 0.2) is 5.69 Å². The number of hydrogen-bond acceptors (Lipinski definition) is 4. The van der Waals surface area contributed by atoms with Crippen molar-refractivity contribution < 1.29 is 14.7 Å². The Morgan fingerprint density at radius 3 is 2.67 bits per heavy atom. The van der Waals surface area contributed by atoms with Crippen molar-refractivity contribution in [1.82, 2.24) is 9.88 Å². The highest BCUT2D eigenvalue weighted by atomic mass is 32.1. The monoisotopic (exact) mass is 226 g/mol. The van der Waals surface area contributed by atoms with Crippen LogP contribution in [0.1, 0.15) is 33.0 Å². The Kier molecular flexibility index (Phi) is 2.68. The van der Waals surface area contributed by atoms with Crippen molar-refractivity contribution in [3.63, 3.8) is 0 Å². The van der Waals surface area contributed by atoms with Crippen LogP contribution in [0.2, 0.25) is 0 Å². The Morgan fingerprint density at radius 1 is 1.40 bits per heavy atom. The van der Waals surface area contributed by atoms with E-state index in [-0.39, 0.29) is 16.5 Å². The zero-order valence-electron chi connectivity index (χ0n) is 7.97. The average molecular weight is 226 g/mol. The van der Waals surface area contributed by atoms with E-state index in [1.54, 1.807) is 4.90 Å².